The lowest BCUT2D eigenvalue weighted by atomic mass is 10.2. The average Bonchev–Trinajstić information content (AvgIpc) is 2.74. The van der Waals surface area contributed by atoms with Crippen molar-refractivity contribution >= 4 is 31.4 Å². The van der Waals surface area contributed by atoms with Gasteiger partial charge in [0.15, 0.2) is 9.84 Å². The molecule has 22 heavy (non-hydrogen) atoms. The Morgan fingerprint density at radius 2 is 1.86 bits per heavy atom. The summed E-state index contributed by atoms with van der Waals surface area (Å²) in [4.78, 5) is 20.9. The number of fused-ring (bicyclic) bond motifs is 1. The molecule has 0 fully saturated rings. The Kier molecular flexibility index (Phi) is 3.62. The molecule has 0 spiro atoms. The van der Waals surface area contributed by atoms with Gasteiger partial charge in [-0.05, 0) is 31.5 Å². The fourth-order valence-corrected chi connectivity index (χ4v) is 4.54. The molecule has 0 aliphatic heterocycles. The van der Waals surface area contributed by atoms with Crippen LogP contribution in [-0.2, 0) is 15.6 Å². The molecule has 0 saturated carbocycles. The number of sulfone groups is 1. The number of nitrogens with zero attached hydrogens (tertiary/aromatic N) is 1. The van der Waals surface area contributed by atoms with Crippen molar-refractivity contribution in [2.75, 3.05) is 0 Å². The number of aromatic nitrogens is 2. The number of rotatable bonds is 3. The predicted octanol–water partition coefficient (Wildman–Crippen LogP) is 2.58. The zero-order valence-corrected chi connectivity index (χ0v) is 13.7. The molecule has 3 rings (SSSR count). The molecule has 114 valence electrons. The average molecular weight is 334 g/mol. The number of nitrogens with one attached hydrogen (secondary N) is 1. The van der Waals surface area contributed by atoms with Crippen molar-refractivity contribution in [1.29, 1.82) is 0 Å². The number of hydrogen-bond donors (Lipinski definition) is 1. The number of aromatic amines is 1. The summed E-state index contributed by atoms with van der Waals surface area (Å²) < 4.78 is 24.7. The third-order valence-electron chi connectivity index (χ3n) is 3.52. The van der Waals surface area contributed by atoms with Crippen molar-refractivity contribution < 1.29 is 8.42 Å². The topological polar surface area (TPSA) is 79.9 Å². The maximum absolute atomic E-state index is 12.4. The Morgan fingerprint density at radius 1 is 1.18 bits per heavy atom. The molecule has 0 aliphatic carbocycles. The van der Waals surface area contributed by atoms with Crippen LogP contribution >= 0.6 is 11.3 Å². The van der Waals surface area contributed by atoms with Crippen LogP contribution in [0.4, 0.5) is 0 Å². The first-order chi connectivity index (χ1) is 10.4. The largest absolute Gasteiger partial charge is 0.309 e. The lowest BCUT2D eigenvalue weighted by Gasteiger charge is -2.04. The summed E-state index contributed by atoms with van der Waals surface area (Å²) in [7, 11) is -3.53. The minimum atomic E-state index is -3.53. The standard InChI is InChI=1S/C15H14N2O3S2/c1-9-10(2)21-15-13(9)14(18)16-12(17-15)8-22(19,20)11-6-4-3-5-7-11/h3-7H,8H2,1-2H3,(H,16,17,18). The van der Waals surface area contributed by atoms with E-state index in [1.165, 1.54) is 23.5 Å². The zero-order valence-electron chi connectivity index (χ0n) is 12.1. The van der Waals surface area contributed by atoms with Gasteiger partial charge in [-0.25, -0.2) is 13.4 Å². The zero-order chi connectivity index (χ0) is 15.9. The van der Waals surface area contributed by atoms with Gasteiger partial charge in [-0.1, -0.05) is 18.2 Å². The normalized spacial score (nSPS) is 11.9. The van der Waals surface area contributed by atoms with Crippen molar-refractivity contribution in [3.8, 4) is 0 Å². The quantitative estimate of drug-likeness (QED) is 0.798. The molecule has 5 nitrogen and oxygen atoms in total. The Hall–Kier alpha value is -1.99. The van der Waals surface area contributed by atoms with E-state index in [1.807, 2.05) is 13.8 Å². The molecule has 0 atom stereocenters. The Balaban J connectivity index is 2.07. The highest BCUT2D eigenvalue weighted by atomic mass is 32.2. The molecule has 0 saturated heterocycles. The highest BCUT2D eigenvalue weighted by Gasteiger charge is 2.18. The van der Waals surface area contributed by atoms with Crippen LogP contribution in [0.5, 0.6) is 0 Å². The first kappa shape index (κ1) is 14.9. The van der Waals surface area contributed by atoms with Crippen molar-refractivity contribution in [2.24, 2.45) is 0 Å². The van der Waals surface area contributed by atoms with E-state index in [-0.39, 0.29) is 22.0 Å². The van der Waals surface area contributed by atoms with Crippen molar-refractivity contribution in [3.63, 3.8) is 0 Å². The van der Waals surface area contributed by atoms with Gasteiger partial charge < -0.3 is 4.98 Å². The van der Waals surface area contributed by atoms with Gasteiger partial charge in [-0.2, -0.15) is 0 Å². The van der Waals surface area contributed by atoms with Gasteiger partial charge in [0.2, 0.25) is 0 Å². The van der Waals surface area contributed by atoms with Crippen molar-refractivity contribution in [2.45, 2.75) is 24.5 Å². The van der Waals surface area contributed by atoms with Gasteiger partial charge in [0.05, 0.1) is 10.3 Å². The van der Waals surface area contributed by atoms with E-state index in [1.54, 1.807) is 18.2 Å². The van der Waals surface area contributed by atoms with Crippen LogP contribution in [0.1, 0.15) is 16.3 Å². The van der Waals surface area contributed by atoms with Crippen LogP contribution in [-0.4, -0.2) is 18.4 Å². The van der Waals surface area contributed by atoms with Gasteiger partial charge in [-0.3, -0.25) is 4.79 Å². The van der Waals surface area contributed by atoms with E-state index in [0.29, 0.717) is 10.2 Å². The summed E-state index contributed by atoms with van der Waals surface area (Å²) in [5.74, 6) is -0.152. The van der Waals surface area contributed by atoms with Gasteiger partial charge in [0.1, 0.15) is 16.4 Å². The lowest BCUT2D eigenvalue weighted by molar-refractivity contribution is 0.594. The van der Waals surface area contributed by atoms with Gasteiger partial charge in [0.25, 0.3) is 5.56 Å². The summed E-state index contributed by atoms with van der Waals surface area (Å²) in [6, 6.07) is 8.15. The highest BCUT2D eigenvalue weighted by Crippen LogP contribution is 2.26. The first-order valence-electron chi connectivity index (χ1n) is 6.65. The molecule has 7 heteroatoms. The van der Waals surface area contributed by atoms with Crippen molar-refractivity contribution in [3.05, 3.63) is 57.0 Å². The number of aryl methyl sites for hydroxylation is 2. The van der Waals surface area contributed by atoms with Crippen LogP contribution in [0.3, 0.4) is 0 Å². The van der Waals surface area contributed by atoms with Gasteiger partial charge in [-0.15, -0.1) is 11.3 Å². The second-order valence-electron chi connectivity index (χ2n) is 5.05. The molecule has 1 aromatic carbocycles. The van der Waals surface area contributed by atoms with Crippen LogP contribution in [0, 0.1) is 13.8 Å². The maximum atomic E-state index is 12.4. The fourth-order valence-electron chi connectivity index (χ4n) is 2.26. The van der Waals surface area contributed by atoms with Crippen LogP contribution in [0.25, 0.3) is 10.2 Å². The van der Waals surface area contributed by atoms with Gasteiger partial charge >= 0.3 is 0 Å². The molecule has 1 N–H and O–H groups in total. The molecular weight excluding hydrogens is 320 g/mol. The molecule has 2 aromatic heterocycles. The molecule has 2 heterocycles. The second-order valence-corrected chi connectivity index (χ2v) is 8.24. The summed E-state index contributed by atoms with van der Waals surface area (Å²) >= 11 is 1.40. The molecular formula is C15H14N2O3S2. The van der Waals surface area contributed by atoms with Crippen LogP contribution < -0.4 is 5.56 Å². The Labute approximate surface area is 131 Å². The van der Waals surface area contributed by atoms with E-state index in [0.717, 1.165) is 10.4 Å². The number of hydrogen-bond acceptors (Lipinski definition) is 5. The Bertz CT molecular complexity index is 1000. The molecule has 3 aromatic rings. The molecule has 0 radical (unpaired) electrons. The molecule has 0 amide bonds. The van der Waals surface area contributed by atoms with E-state index < -0.39 is 9.84 Å². The third kappa shape index (κ3) is 2.57. The van der Waals surface area contributed by atoms with E-state index >= 15 is 0 Å². The summed E-state index contributed by atoms with van der Waals surface area (Å²) in [5.41, 5.74) is 0.608. The molecule has 0 unspecified atom stereocenters. The monoisotopic (exact) mass is 334 g/mol. The minimum absolute atomic E-state index is 0.169. The molecule has 0 aliphatic rings. The number of thiophene rings is 1. The highest BCUT2D eigenvalue weighted by molar-refractivity contribution is 7.90. The maximum Gasteiger partial charge on any atom is 0.259 e. The smallest absolute Gasteiger partial charge is 0.259 e. The van der Waals surface area contributed by atoms with Crippen molar-refractivity contribution in [1.82, 2.24) is 9.97 Å². The fraction of sp³-hybridized carbons (Fsp3) is 0.200. The second kappa shape index (κ2) is 5.33. The summed E-state index contributed by atoms with van der Waals surface area (Å²) in [6.07, 6.45) is 0. The number of benzene rings is 1. The summed E-state index contributed by atoms with van der Waals surface area (Å²) in [6.45, 7) is 3.78. The SMILES string of the molecule is Cc1sc2nc(CS(=O)(=O)c3ccccc3)[nH]c(=O)c2c1C. The lowest BCUT2D eigenvalue weighted by Crippen LogP contribution is -2.15. The van der Waals surface area contributed by atoms with Crippen LogP contribution in [0.15, 0.2) is 40.0 Å². The number of H-pyrrole nitrogens is 1. The predicted molar refractivity (Wildman–Crippen MR) is 87.0 cm³/mol. The minimum Gasteiger partial charge on any atom is -0.309 e. The summed E-state index contributed by atoms with van der Waals surface area (Å²) in [5, 5.41) is 0.545. The first-order valence-corrected chi connectivity index (χ1v) is 9.12. The Morgan fingerprint density at radius 3 is 2.55 bits per heavy atom. The van der Waals surface area contributed by atoms with E-state index in [2.05, 4.69) is 9.97 Å². The molecule has 0 bridgehead atoms. The van der Waals surface area contributed by atoms with E-state index in [4.69, 9.17) is 0 Å². The van der Waals surface area contributed by atoms with Crippen LogP contribution in [0.2, 0.25) is 0 Å². The van der Waals surface area contributed by atoms with Gasteiger partial charge in [0, 0.05) is 4.88 Å². The van der Waals surface area contributed by atoms with E-state index in [9.17, 15) is 13.2 Å². The third-order valence-corrected chi connectivity index (χ3v) is 6.26.